The Morgan fingerprint density at radius 2 is 2.12 bits per heavy atom. The summed E-state index contributed by atoms with van der Waals surface area (Å²) in [7, 11) is 0. The van der Waals surface area contributed by atoms with E-state index in [9.17, 15) is 9.65 Å². The molecule has 4 heterocycles. The molecule has 1 aromatic carbocycles. The van der Waals surface area contributed by atoms with Gasteiger partial charge >= 0.3 is 0 Å². The number of aromatic nitrogens is 3. The highest BCUT2D eigenvalue weighted by Gasteiger charge is 2.30. The molecule has 1 saturated heterocycles. The molecule has 0 radical (unpaired) electrons. The van der Waals surface area contributed by atoms with Crippen molar-refractivity contribution in [2.45, 2.75) is 32.4 Å². The first kappa shape index (κ1) is 22.4. The highest BCUT2D eigenvalue weighted by molar-refractivity contribution is 6.36. The van der Waals surface area contributed by atoms with E-state index in [-0.39, 0.29) is 11.9 Å². The molecule has 1 atom stereocenters. The lowest BCUT2D eigenvalue weighted by Gasteiger charge is -2.42. The predicted molar refractivity (Wildman–Crippen MR) is 131 cm³/mol. The summed E-state index contributed by atoms with van der Waals surface area (Å²) in [6, 6.07) is 8.02. The average molecular weight is 478 g/mol. The number of pyridine rings is 1. The van der Waals surface area contributed by atoms with E-state index in [4.69, 9.17) is 11.6 Å². The van der Waals surface area contributed by atoms with Crippen LogP contribution in [0.15, 0.2) is 48.9 Å². The van der Waals surface area contributed by atoms with Gasteiger partial charge in [-0.3, -0.25) is 4.98 Å². The molecule has 2 aliphatic rings. The third-order valence-electron chi connectivity index (χ3n) is 6.54. The van der Waals surface area contributed by atoms with E-state index in [1.807, 2.05) is 35.5 Å². The van der Waals surface area contributed by atoms with Crippen LogP contribution in [-0.4, -0.2) is 52.1 Å². The number of benzene rings is 1. The number of piperazine rings is 1. The van der Waals surface area contributed by atoms with Crippen LogP contribution in [0, 0.1) is 11.3 Å². The smallest absolute Gasteiger partial charge is 0.135 e. The second-order valence-electron chi connectivity index (χ2n) is 8.71. The third kappa shape index (κ3) is 4.24. The van der Waals surface area contributed by atoms with Crippen molar-refractivity contribution in [1.82, 2.24) is 19.9 Å². The lowest BCUT2D eigenvalue weighted by Crippen LogP contribution is -2.51. The molecule has 174 valence electrons. The van der Waals surface area contributed by atoms with Gasteiger partial charge in [0.25, 0.3) is 0 Å². The molecule has 0 N–H and O–H groups in total. The molecule has 1 fully saturated rings. The maximum atomic E-state index is 13.5. The Kier molecular flexibility index (Phi) is 6.20. The van der Waals surface area contributed by atoms with Gasteiger partial charge in [-0.05, 0) is 19.4 Å². The summed E-state index contributed by atoms with van der Waals surface area (Å²) in [5.74, 6) is 0.668. The van der Waals surface area contributed by atoms with Crippen LogP contribution in [0.1, 0.15) is 24.6 Å². The summed E-state index contributed by atoms with van der Waals surface area (Å²) in [6.45, 7) is 4.84. The van der Waals surface area contributed by atoms with Crippen LogP contribution in [0.3, 0.4) is 0 Å². The van der Waals surface area contributed by atoms with Gasteiger partial charge in [0.1, 0.15) is 18.0 Å². The van der Waals surface area contributed by atoms with Crippen molar-refractivity contribution in [2.24, 2.45) is 0 Å². The molecule has 9 heteroatoms. The molecule has 0 unspecified atom stereocenters. The van der Waals surface area contributed by atoms with Crippen LogP contribution in [0.2, 0.25) is 5.02 Å². The predicted octanol–water partition coefficient (Wildman–Crippen LogP) is 4.48. The number of hydrogen-bond donors (Lipinski definition) is 0. The largest absolute Gasteiger partial charge is 0.368 e. The maximum Gasteiger partial charge on any atom is 0.135 e. The zero-order valence-corrected chi connectivity index (χ0v) is 19.7. The van der Waals surface area contributed by atoms with Crippen LogP contribution in [0.4, 0.5) is 15.9 Å². The Hall–Kier alpha value is -3.44. The molecular weight excluding hydrogens is 453 g/mol. The Morgan fingerprint density at radius 1 is 1.24 bits per heavy atom. The number of rotatable bonds is 4. The molecule has 0 bridgehead atoms. The van der Waals surface area contributed by atoms with Crippen molar-refractivity contribution in [3.05, 3.63) is 65.2 Å². The van der Waals surface area contributed by atoms with Gasteiger partial charge in [-0.25, -0.2) is 14.4 Å². The Morgan fingerprint density at radius 3 is 2.94 bits per heavy atom. The van der Waals surface area contributed by atoms with E-state index in [1.165, 1.54) is 13.1 Å². The summed E-state index contributed by atoms with van der Waals surface area (Å²) >= 11 is 6.55. The van der Waals surface area contributed by atoms with E-state index < -0.39 is 0 Å². The van der Waals surface area contributed by atoms with Crippen molar-refractivity contribution in [3.8, 4) is 6.07 Å². The Labute approximate surface area is 203 Å². The number of nitriles is 1. The van der Waals surface area contributed by atoms with Gasteiger partial charge in [-0.2, -0.15) is 5.26 Å². The zero-order chi connectivity index (χ0) is 23.7. The first-order chi connectivity index (χ1) is 16.5. The molecular formula is C25H25ClFN7. The minimum Gasteiger partial charge on any atom is -0.368 e. The number of allylic oxidation sites excluding steroid dienone is 1. The van der Waals surface area contributed by atoms with E-state index in [0.717, 1.165) is 46.5 Å². The van der Waals surface area contributed by atoms with Gasteiger partial charge in [0.15, 0.2) is 0 Å². The van der Waals surface area contributed by atoms with Crippen LogP contribution >= 0.6 is 11.6 Å². The first-order valence-corrected chi connectivity index (χ1v) is 11.7. The summed E-state index contributed by atoms with van der Waals surface area (Å²) in [6.07, 6.45) is 7.95. The van der Waals surface area contributed by atoms with Gasteiger partial charge < -0.3 is 14.7 Å². The number of anilines is 2. The van der Waals surface area contributed by atoms with Crippen molar-refractivity contribution in [3.63, 3.8) is 0 Å². The van der Waals surface area contributed by atoms with Gasteiger partial charge in [0.05, 0.1) is 47.7 Å². The molecule has 0 saturated carbocycles. The van der Waals surface area contributed by atoms with Gasteiger partial charge in [-0.15, -0.1) is 0 Å². The van der Waals surface area contributed by atoms with Crippen molar-refractivity contribution in [1.29, 1.82) is 5.26 Å². The van der Waals surface area contributed by atoms with Crippen molar-refractivity contribution in [2.75, 3.05) is 36.0 Å². The fourth-order valence-corrected chi connectivity index (χ4v) is 5.25. The molecule has 2 aliphatic heterocycles. The van der Waals surface area contributed by atoms with Crippen LogP contribution < -0.4 is 9.80 Å². The molecule has 0 amide bonds. The minimum absolute atomic E-state index is 0.0842. The summed E-state index contributed by atoms with van der Waals surface area (Å²) < 4.78 is 13.5. The van der Waals surface area contributed by atoms with E-state index in [1.54, 1.807) is 6.33 Å². The van der Waals surface area contributed by atoms with Gasteiger partial charge in [0.2, 0.25) is 0 Å². The van der Waals surface area contributed by atoms with Crippen molar-refractivity contribution >= 4 is 33.9 Å². The molecule has 34 heavy (non-hydrogen) atoms. The zero-order valence-electron chi connectivity index (χ0n) is 19.0. The molecule has 7 nitrogen and oxygen atoms in total. The number of nitrogens with zero attached hydrogens (tertiary/aromatic N) is 7. The second-order valence-corrected chi connectivity index (χ2v) is 9.11. The van der Waals surface area contributed by atoms with Crippen molar-refractivity contribution < 1.29 is 4.39 Å². The summed E-state index contributed by atoms with van der Waals surface area (Å²) in [4.78, 5) is 20.1. The lowest BCUT2D eigenvalue weighted by molar-refractivity contribution is 0.245. The quantitative estimate of drug-likeness (QED) is 0.548. The lowest BCUT2D eigenvalue weighted by atomic mass is 10.0. The summed E-state index contributed by atoms with van der Waals surface area (Å²) in [5, 5.41) is 12.0. The van der Waals surface area contributed by atoms with E-state index >= 15 is 0 Å². The number of fused-ring (bicyclic) bond motifs is 2. The van der Waals surface area contributed by atoms with Crippen LogP contribution in [0.25, 0.3) is 10.8 Å². The summed E-state index contributed by atoms with van der Waals surface area (Å²) in [5.41, 5.74) is 3.13. The van der Waals surface area contributed by atoms with E-state index in [0.29, 0.717) is 37.6 Å². The minimum atomic E-state index is -0.251. The highest BCUT2D eigenvalue weighted by Crippen LogP contribution is 2.35. The fourth-order valence-electron chi connectivity index (χ4n) is 4.97. The monoisotopic (exact) mass is 477 g/mol. The SMILES string of the molecule is CC(F)=CN1CCN(c2ncnc3c2CCN(c2cncc4cccc(Cl)c24)C3)C[C@@H]1CC#N. The van der Waals surface area contributed by atoms with Gasteiger partial charge in [-0.1, -0.05) is 23.7 Å². The standard InChI is InChI=1S/C25H25ClFN7/c1-17(27)13-32-9-10-34(14-19(32)5-7-28)25-20-6-8-33(15-22(20)30-16-31-25)23-12-29-11-18-3-2-4-21(26)24(18)23/h2-4,11-13,16,19H,5-6,8-10,14-15H2,1H3/t19-/m0/s1. The molecule has 5 rings (SSSR count). The number of halogens is 2. The molecule has 3 aromatic rings. The average Bonchev–Trinajstić information content (AvgIpc) is 2.84. The van der Waals surface area contributed by atoms with Gasteiger partial charge in [0, 0.05) is 54.9 Å². The Bertz CT molecular complexity index is 1280. The normalized spacial score (nSPS) is 18.7. The molecule has 0 spiro atoms. The maximum absolute atomic E-state index is 13.5. The fraction of sp³-hybridized carbons (Fsp3) is 0.360. The first-order valence-electron chi connectivity index (χ1n) is 11.4. The molecule has 0 aliphatic carbocycles. The molecule has 2 aromatic heterocycles. The second kappa shape index (κ2) is 9.43. The van der Waals surface area contributed by atoms with E-state index in [2.05, 4.69) is 30.8 Å². The highest BCUT2D eigenvalue weighted by atomic mass is 35.5. The van der Waals surface area contributed by atoms with Crippen LogP contribution in [-0.2, 0) is 13.0 Å². The third-order valence-corrected chi connectivity index (χ3v) is 6.85. The number of hydrogen-bond acceptors (Lipinski definition) is 7. The van der Waals surface area contributed by atoms with Crippen LogP contribution in [0.5, 0.6) is 0 Å². The topological polar surface area (TPSA) is 72.2 Å². The Balaban J connectivity index is 1.42.